The van der Waals surface area contributed by atoms with E-state index >= 15 is 0 Å². The Hall–Kier alpha value is -2.03. The Morgan fingerprint density at radius 1 is 1.68 bits per heavy atom. The predicted molar refractivity (Wildman–Crippen MR) is 73.3 cm³/mol. The molecule has 1 saturated heterocycles. The Bertz CT molecular complexity index is 738. The van der Waals surface area contributed by atoms with Crippen molar-refractivity contribution in [2.75, 3.05) is 6.61 Å². The van der Waals surface area contributed by atoms with Crippen LogP contribution in [0.15, 0.2) is 20.9 Å². The first-order chi connectivity index (χ1) is 10.4. The maximum atomic E-state index is 11.8. The van der Waals surface area contributed by atoms with Crippen LogP contribution in [-0.2, 0) is 13.8 Å². The molecule has 22 heavy (non-hydrogen) atoms. The molecular formula is C10H13N5O6P+. The first kappa shape index (κ1) is 16.3. The van der Waals surface area contributed by atoms with Gasteiger partial charge in [-0.3, -0.25) is 14.3 Å². The molecule has 0 amide bonds. The molecule has 0 bridgehead atoms. The number of nitrogens with one attached hydrogen (secondary N) is 1. The van der Waals surface area contributed by atoms with Crippen molar-refractivity contribution in [3.8, 4) is 0 Å². The second-order valence-electron chi connectivity index (χ2n) is 4.65. The largest absolute Gasteiger partial charge is 0.694 e. The molecule has 4 unspecified atom stereocenters. The molecular weight excluding hydrogens is 317 g/mol. The fourth-order valence-corrected chi connectivity index (χ4v) is 2.44. The first-order valence-electron chi connectivity index (χ1n) is 6.23. The van der Waals surface area contributed by atoms with Crippen molar-refractivity contribution < 1.29 is 18.7 Å². The van der Waals surface area contributed by atoms with E-state index in [1.165, 1.54) is 17.7 Å². The average molecular weight is 330 g/mol. The van der Waals surface area contributed by atoms with Gasteiger partial charge in [-0.25, -0.2) is 4.79 Å². The van der Waals surface area contributed by atoms with Crippen LogP contribution >= 0.6 is 8.25 Å². The predicted octanol–water partition coefficient (Wildman–Crippen LogP) is 0.478. The van der Waals surface area contributed by atoms with Crippen molar-refractivity contribution >= 4 is 8.25 Å². The number of ether oxygens (including phenoxy) is 1. The zero-order valence-electron chi connectivity index (χ0n) is 11.4. The van der Waals surface area contributed by atoms with Crippen molar-refractivity contribution in [1.82, 2.24) is 9.55 Å². The third-order valence-corrected chi connectivity index (χ3v) is 3.58. The molecule has 1 aliphatic heterocycles. The lowest BCUT2D eigenvalue weighted by atomic mass is 10.1. The van der Waals surface area contributed by atoms with Crippen LogP contribution in [0.2, 0.25) is 0 Å². The molecule has 0 spiro atoms. The smallest absolute Gasteiger partial charge is 0.352 e. The highest BCUT2D eigenvalue weighted by Crippen LogP contribution is 2.31. The van der Waals surface area contributed by atoms with Gasteiger partial charge in [-0.2, -0.15) is 0 Å². The molecule has 0 saturated carbocycles. The second-order valence-corrected chi connectivity index (χ2v) is 5.38. The second kappa shape index (κ2) is 6.82. The summed E-state index contributed by atoms with van der Waals surface area (Å²) in [4.78, 5) is 36.7. The minimum atomic E-state index is -2.81. The monoisotopic (exact) mass is 330 g/mol. The Kier molecular flexibility index (Phi) is 5.07. The van der Waals surface area contributed by atoms with Gasteiger partial charge in [0.2, 0.25) is 0 Å². The summed E-state index contributed by atoms with van der Waals surface area (Å²) in [6, 6.07) is -0.663. The third-order valence-electron chi connectivity index (χ3n) is 3.21. The average Bonchev–Trinajstić information content (AvgIpc) is 2.84. The summed E-state index contributed by atoms with van der Waals surface area (Å²) >= 11 is 0. The van der Waals surface area contributed by atoms with E-state index < -0.39 is 37.9 Å². The number of nitrogens with zero attached hydrogens (tertiary/aromatic N) is 4. The van der Waals surface area contributed by atoms with Crippen molar-refractivity contribution in [2.45, 2.75) is 31.7 Å². The van der Waals surface area contributed by atoms with Gasteiger partial charge >= 0.3 is 13.9 Å². The van der Waals surface area contributed by atoms with E-state index in [0.717, 1.165) is 0 Å². The fraction of sp³-hybridized carbons (Fsp3) is 0.600. The Balaban J connectivity index is 2.25. The molecule has 1 aliphatic rings. The number of hydrogen-bond donors (Lipinski definition) is 2. The summed E-state index contributed by atoms with van der Waals surface area (Å²) in [7, 11) is -2.81. The maximum absolute atomic E-state index is 11.8. The van der Waals surface area contributed by atoms with Crippen LogP contribution in [0.3, 0.4) is 0 Å². The lowest BCUT2D eigenvalue weighted by Gasteiger charge is -2.14. The summed E-state index contributed by atoms with van der Waals surface area (Å²) in [5.41, 5.74) is 7.72. The van der Waals surface area contributed by atoms with Crippen LogP contribution < -0.4 is 11.2 Å². The number of aromatic nitrogens is 2. The van der Waals surface area contributed by atoms with Crippen LogP contribution in [-0.4, -0.2) is 33.2 Å². The SMILES string of the molecule is Cc1cn(C2CC(N=[N+]=[N-])C(CO[P+](=O)O)O2)c(=O)[nH]c1=O. The zero-order valence-corrected chi connectivity index (χ0v) is 12.3. The lowest BCUT2D eigenvalue weighted by molar-refractivity contribution is -0.0227. The summed E-state index contributed by atoms with van der Waals surface area (Å²) in [5.74, 6) is 0. The molecule has 0 aliphatic carbocycles. The number of hydrogen-bond acceptors (Lipinski definition) is 6. The van der Waals surface area contributed by atoms with Gasteiger partial charge in [0, 0.05) is 27.7 Å². The topological polar surface area (TPSA) is 159 Å². The molecule has 12 heteroatoms. The molecule has 4 atom stereocenters. The molecule has 0 aromatic carbocycles. The van der Waals surface area contributed by atoms with Gasteiger partial charge in [-0.1, -0.05) is 5.11 Å². The number of H-pyrrole nitrogens is 1. The molecule has 11 nitrogen and oxygen atoms in total. The lowest BCUT2D eigenvalue weighted by Crippen LogP contribution is -2.33. The van der Waals surface area contributed by atoms with Crippen molar-refractivity contribution in [2.24, 2.45) is 5.11 Å². The summed E-state index contributed by atoms with van der Waals surface area (Å²) in [6.07, 6.45) is -0.0321. The number of aromatic amines is 1. The molecule has 0 radical (unpaired) electrons. The number of rotatable bonds is 5. The molecule has 2 rings (SSSR count). The molecule has 1 aromatic heterocycles. The number of aryl methyl sites for hydroxylation is 1. The highest BCUT2D eigenvalue weighted by atomic mass is 31.1. The minimum Gasteiger partial charge on any atom is -0.352 e. The normalized spacial score (nSPS) is 24.8. The summed E-state index contributed by atoms with van der Waals surface area (Å²) < 4.78 is 21.9. The van der Waals surface area contributed by atoms with E-state index in [-0.39, 0.29) is 13.0 Å². The zero-order chi connectivity index (χ0) is 16.3. The fourth-order valence-electron chi connectivity index (χ4n) is 2.16. The molecule has 1 aromatic rings. The van der Waals surface area contributed by atoms with Gasteiger partial charge in [-0.05, 0) is 12.5 Å². The van der Waals surface area contributed by atoms with Crippen molar-refractivity contribution in [3.63, 3.8) is 0 Å². The summed E-state index contributed by atoms with van der Waals surface area (Å²) in [5, 5.41) is 3.54. The maximum Gasteiger partial charge on any atom is 0.694 e. The van der Waals surface area contributed by atoms with Crippen LogP contribution in [0.25, 0.3) is 10.4 Å². The first-order valence-corrected chi connectivity index (χ1v) is 7.36. The standard InChI is InChI=1S/C10H12N5O6P/c1-5-3-15(10(17)12-9(5)16)8-2-6(13-14-11)7(21-8)4-20-22(18)19/h3,6-8H,2,4H2,1H3,(H-,12,16,17,18,19)/p+1. The Morgan fingerprint density at radius 3 is 3.05 bits per heavy atom. The molecule has 2 heterocycles. The molecule has 118 valence electrons. The van der Waals surface area contributed by atoms with Crippen LogP contribution in [0.1, 0.15) is 18.2 Å². The van der Waals surface area contributed by atoms with E-state index in [4.69, 9.17) is 15.2 Å². The van der Waals surface area contributed by atoms with Gasteiger partial charge in [-0.15, -0.1) is 9.42 Å². The van der Waals surface area contributed by atoms with Crippen molar-refractivity contribution in [3.05, 3.63) is 43.0 Å². The van der Waals surface area contributed by atoms with Gasteiger partial charge in [0.05, 0.1) is 12.1 Å². The highest BCUT2D eigenvalue weighted by molar-refractivity contribution is 7.32. The van der Waals surface area contributed by atoms with E-state index in [9.17, 15) is 14.2 Å². The Labute approximate surface area is 124 Å². The Morgan fingerprint density at radius 2 is 2.41 bits per heavy atom. The van der Waals surface area contributed by atoms with E-state index in [1.807, 2.05) is 0 Å². The van der Waals surface area contributed by atoms with Gasteiger partial charge in [0.1, 0.15) is 12.8 Å². The van der Waals surface area contributed by atoms with E-state index in [0.29, 0.717) is 5.56 Å². The minimum absolute atomic E-state index is 0.172. The van der Waals surface area contributed by atoms with Gasteiger partial charge in [0.25, 0.3) is 5.56 Å². The van der Waals surface area contributed by atoms with E-state index in [2.05, 4.69) is 19.5 Å². The van der Waals surface area contributed by atoms with Crippen LogP contribution in [0.4, 0.5) is 0 Å². The third kappa shape index (κ3) is 3.59. The molecule has 2 N–H and O–H groups in total. The van der Waals surface area contributed by atoms with Crippen LogP contribution in [0, 0.1) is 6.92 Å². The van der Waals surface area contributed by atoms with E-state index in [1.54, 1.807) is 0 Å². The highest BCUT2D eigenvalue weighted by Gasteiger charge is 2.38. The molecule has 1 fully saturated rings. The quantitative estimate of drug-likeness (QED) is 0.345. The van der Waals surface area contributed by atoms with Crippen LogP contribution in [0.5, 0.6) is 0 Å². The number of azide groups is 1. The summed E-state index contributed by atoms with van der Waals surface area (Å²) in [6.45, 7) is 1.27. The van der Waals surface area contributed by atoms with Gasteiger partial charge in [0.15, 0.2) is 0 Å². The van der Waals surface area contributed by atoms with Gasteiger partial charge < -0.3 is 4.74 Å². The van der Waals surface area contributed by atoms with Crippen molar-refractivity contribution in [1.29, 1.82) is 0 Å².